The van der Waals surface area contributed by atoms with Gasteiger partial charge in [0.1, 0.15) is 25.0 Å². The van der Waals surface area contributed by atoms with Gasteiger partial charge < -0.3 is 20.3 Å². The predicted molar refractivity (Wildman–Crippen MR) is 106 cm³/mol. The predicted octanol–water partition coefficient (Wildman–Crippen LogP) is 1.21. The highest BCUT2D eigenvalue weighted by molar-refractivity contribution is 7.09. The molecule has 0 spiro atoms. The number of rotatable bonds is 9. The van der Waals surface area contributed by atoms with Gasteiger partial charge >= 0.3 is 0 Å². The van der Waals surface area contributed by atoms with Gasteiger partial charge in [-0.3, -0.25) is 9.59 Å². The van der Waals surface area contributed by atoms with Crippen LogP contribution in [0.1, 0.15) is 17.7 Å². The molecule has 1 aromatic heterocycles. The summed E-state index contributed by atoms with van der Waals surface area (Å²) in [6.45, 7) is 2.47. The molecule has 0 radical (unpaired) electrons. The first kappa shape index (κ1) is 20.4. The maximum Gasteiger partial charge on any atom is 0.275 e. The number of nitrogens with one attached hydrogen (secondary N) is 3. The van der Waals surface area contributed by atoms with Crippen LogP contribution in [0.15, 0.2) is 41.8 Å². The molecular weight excluding hydrogens is 381 g/mol. The first-order valence-electron chi connectivity index (χ1n) is 9.38. The molecule has 1 aliphatic rings. The van der Waals surface area contributed by atoms with Crippen molar-refractivity contribution >= 4 is 28.8 Å². The molecule has 1 aromatic carbocycles. The van der Waals surface area contributed by atoms with E-state index in [-0.39, 0.29) is 36.8 Å². The first-order valence-corrected chi connectivity index (χ1v) is 10.3. The number of hydrogen-bond donors (Lipinski definition) is 3. The summed E-state index contributed by atoms with van der Waals surface area (Å²) in [5, 5.41) is 7.32. The summed E-state index contributed by atoms with van der Waals surface area (Å²) in [6.07, 6.45) is 2.27. The zero-order valence-corrected chi connectivity index (χ0v) is 16.4. The van der Waals surface area contributed by atoms with Gasteiger partial charge in [-0.15, -0.1) is 11.3 Å². The Bertz CT molecular complexity index is 762. The van der Waals surface area contributed by atoms with Gasteiger partial charge in [0.25, 0.3) is 5.91 Å². The van der Waals surface area contributed by atoms with Crippen molar-refractivity contribution in [2.24, 2.45) is 0 Å². The number of hydrogen-bond acceptors (Lipinski definition) is 4. The number of halogens is 1. The number of benzene rings is 1. The molecule has 3 rings (SSSR count). The van der Waals surface area contributed by atoms with E-state index >= 15 is 0 Å². The molecule has 2 atom stereocenters. The Labute approximate surface area is 167 Å². The van der Waals surface area contributed by atoms with E-state index in [2.05, 4.69) is 16.7 Å². The van der Waals surface area contributed by atoms with Crippen LogP contribution in [0.3, 0.4) is 0 Å². The molecule has 1 aliphatic heterocycles. The summed E-state index contributed by atoms with van der Waals surface area (Å²) < 4.78 is 18.6. The van der Waals surface area contributed by atoms with Crippen molar-refractivity contribution in [2.45, 2.75) is 25.5 Å². The first-order chi connectivity index (χ1) is 13.6. The van der Waals surface area contributed by atoms with Crippen molar-refractivity contribution in [3.05, 3.63) is 52.5 Å². The molecule has 3 N–H and O–H groups in total. The second-order valence-corrected chi connectivity index (χ2v) is 7.89. The van der Waals surface area contributed by atoms with E-state index in [1.54, 1.807) is 11.3 Å². The molecular formula is C20H25FN3O3S+. The third-order valence-corrected chi connectivity index (χ3v) is 5.41. The van der Waals surface area contributed by atoms with Crippen molar-refractivity contribution in [1.82, 2.24) is 5.32 Å². The van der Waals surface area contributed by atoms with Gasteiger partial charge in [0, 0.05) is 12.3 Å². The molecule has 150 valence electrons. The van der Waals surface area contributed by atoms with Gasteiger partial charge in [0.15, 0.2) is 6.54 Å². The molecule has 1 saturated heterocycles. The molecule has 1 unspecified atom stereocenters. The summed E-state index contributed by atoms with van der Waals surface area (Å²) in [6, 6.07) is 9.56. The summed E-state index contributed by atoms with van der Waals surface area (Å²) in [5.74, 6) is -0.899. The monoisotopic (exact) mass is 406 g/mol. The lowest BCUT2D eigenvalue weighted by Crippen LogP contribution is -3.13. The van der Waals surface area contributed by atoms with Crippen LogP contribution in [-0.2, 0) is 20.9 Å². The van der Waals surface area contributed by atoms with E-state index < -0.39 is 0 Å². The van der Waals surface area contributed by atoms with Gasteiger partial charge in [0.2, 0.25) is 5.91 Å². The summed E-state index contributed by atoms with van der Waals surface area (Å²) >= 11 is 1.67. The molecule has 1 fully saturated rings. The van der Waals surface area contributed by atoms with E-state index in [1.807, 2.05) is 11.4 Å². The molecule has 8 heteroatoms. The van der Waals surface area contributed by atoms with E-state index in [1.165, 1.54) is 29.1 Å². The van der Waals surface area contributed by atoms with Crippen LogP contribution in [0.5, 0.6) is 0 Å². The standard InChI is InChI=1S/C20H24FN3O3S/c21-15-5-7-16(8-6-15)23-19(25)11-22-20(26)14-24(12-17-3-1-9-27-17)13-18-4-2-10-28-18/h2,4-8,10,17H,1,3,9,11-14H2,(H,22,26)(H,23,25)/p+1/t17-/m1/s1. The lowest BCUT2D eigenvalue weighted by atomic mass is 10.2. The highest BCUT2D eigenvalue weighted by Gasteiger charge is 2.24. The van der Waals surface area contributed by atoms with Gasteiger partial charge in [-0.05, 0) is 48.6 Å². The fraction of sp³-hybridized carbons (Fsp3) is 0.400. The van der Waals surface area contributed by atoms with Crippen LogP contribution in [0, 0.1) is 5.82 Å². The van der Waals surface area contributed by atoms with Crippen LogP contribution in [0.25, 0.3) is 0 Å². The number of ether oxygens (including phenoxy) is 1. The minimum absolute atomic E-state index is 0.123. The van der Waals surface area contributed by atoms with Gasteiger partial charge in [-0.1, -0.05) is 6.07 Å². The van der Waals surface area contributed by atoms with Crippen LogP contribution in [-0.4, -0.2) is 44.2 Å². The highest BCUT2D eigenvalue weighted by atomic mass is 32.1. The van der Waals surface area contributed by atoms with Crippen molar-refractivity contribution < 1.29 is 23.6 Å². The maximum atomic E-state index is 12.9. The maximum absolute atomic E-state index is 12.9. The Morgan fingerprint density at radius 3 is 2.71 bits per heavy atom. The van der Waals surface area contributed by atoms with E-state index in [4.69, 9.17) is 4.74 Å². The Morgan fingerprint density at radius 1 is 1.21 bits per heavy atom. The van der Waals surface area contributed by atoms with Crippen LogP contribution >= 0.6 is 11.3 Å². The Morgan fingerprint density at radius 2 is 2.04 bits per heavy atom. The molecule has 0 aliphatic carbocycles. The van der Waals surface area contributed by atoms with Crippen molar-refractivity contribution in [3.63, 3.8) is 0 Å². The third-order valence-electron chi connectivity index (χ3n) is 4.53. The van der Waals surface area contributed by atoms with Crippen molar-refractivity contribution in [2.75, 3.05) is 31.6 Å². The molecule has 6 nitrogen and oxygen atoms in total. The minimum Gasteiger partial charge on any atom is -0.372 e. The second kappa shape index (κ2) is 10.3. The third kappa shape index (κ3) is 6.70. The van der Waals surface area contributed by atoms with Gasteiger partial charge in [-0.25, -0.2) is 4.39 Å². The largest absolute Gasteiger partial charge is 0.372 e. The van der Waals surface area contributed by atoms with E-state index in [0.29, 0.717) is 5.69 Å². The Hall–Kier alpha value is -2.29. The number of carbonyl (C=O) groups excluding carboxylic acids is 2. The summed E-state index contributed by atoms with van der Waals surface area (Å²) in [5.41, 5.74) is 0.490. The fourth-order valence-corrected chi connectivity index (χ4v) is 3.98. The average molecular weight is 407 g/mol. The van der Waals surface area contributed by atoms with Crippen molar-refractivity contribution in [3.8, 4) is 0 Å². The van der Waals surface area contributed by atoms with Crippen LogP contribution in [0.4, 0.5) is 10.1 Å². The van der Waals surface area contributed by atoms with E-state index in [0.717, 1.165) is 37.4 Å². The normalized spacial score (nSPS) is 17.2. The lowest BCUT2D eigenvalue weighted by molar-refractivity contribution is -0.908. The van der Waals surface area contributed by atoms with E-state index in [9.17, 15) is 14.0 Å². The fourth-order valence-electron chi connectivity index (χ4n) is 3.20. The van der Waals surface area contributed by atoms with Gasteiger partial charge in [0.05, 0.1) is 11.4 Å². The second-order valence-electron chi connectivity index (χ2n) is 6.85. The summed E-state index contributed by atoms with van der Waals surface area (Å²) in [4.78, 5) is 26.7. The summed E-state index contributed by atoms with van der Waals surface area (Å²) in [7, 11) is 0. The highest BCUT2D eigenvalue weighted by Crippen LogP contribution is 2.11. The molecule has 2 amide bonds. The minimum atomic E-state index is -0.369. The smallest absolute Gasteiger partial charge is 0.275 e. The lowest BCUT2D eigenvalue weighted by Gasteiger charge is -2.21. The Kier molecular flexibility index (Phi) is 7.53. The average Bonchev–Trinajstić information content (AvgIpc) is 3.36. The quantitative estimate of drug-likeness (QED) is 0.586. The zero-order chi connectivity index (χ0) is 19.8. The van der Waals surface area contributed by atoms with Crippen LogP contribution < -0.4 is 15.5 Å². The topological polar surface area (TPSA) is 71.9 Å². The van der Waals surface area contributed by atoms with Crippen molar-refractivity contribution in [1.29, 1.82) is 0 Å². The molecule has 0 bridgehead atoms. The number of carbonyl (C=O) groups is 2. The molecule has 28 heavy (non-hydrogen) atoms. The number of quaternary nitrogens is 1. The molecule has 0 saturated carbocycles. The molecule has 2 heterocycles. The number of amides is 2. The number of thiophene rings is 1. The van der Waals surface area contributed by atoms with Crippen LogP contribution in [0.2, 0.25) is 0 Å². The number of anilines is 1. The molecule has 2 aromatic rings. The SMILES string of the molecule is O=C(C[NH+](Cc1cccs1)C[C@H]1CCCO1)NCC(=O)Nc1ccc(F)cc1. The Balaban J connectivity index is 1.46. The van der Waals surface area contributed by atoms with Gasteiger partial charge in [-0.2, -0.15) is 0 Å². The zero-order valence-electron chi connectivity index (χ0n) is 15.6.